The first kappa shape index (κ1) is 14.5. The largest absolute Gasteiger partial charge is 0.396 e. The van der Waals surface area contributed by atoms with Gasteiger partial charge in [-0.25, -0.2) is 13.2 Å². The summed E-state index contributed by atoms with van der Waals surface area (Å²) in [5.74, 6) is -0.134. The molecule has 2 N–H and O–H groups in total. The van der Waals surface area contributed by atoms with Gasteiger partial charge in [-0.2, -0.15) is 0 Å². The molecule has 2 saturated heterocycles. The predicted octanol–water partition coefficient (Wildman–Crippen LogP) is -1.18. The van der Waals surface area contributed by atoms with Crippen LogP contribution in [0, 0.1) is 5.41 Å². The molecule has 0 aliphatic carbocycles. The Bertz CT molecular complexity index is 458. The molecule has 2 aliphatic rings. The summed E-state index contributed by atoms with van der Waals surface area (Å²) in [7, 11) is -1.70. The van der Waals surface area contributed by atoms with Crippen molar-refractivity contribution < 1.29 is 23.1 Å². The second kappa shape index (κ2) is 4.92. The average Bonchev–Trinajstić information content (AvgIpc) is 2.59. The van der Waals surface area contributed by atoms with Gasteiger partial charge in [0.15, 0.2) is 9.84 Å². The Morgan fingerprint density at radius 2 is 2.11 bits per heavy atom. The number of likely N-dealkylation sites (tertiary alicyclic amines) is 1. The molecule has 2 aliphatic heterocycles. The highest BCUT2D eigenvalue weighted by molar-refractivity contribution is 7.91. The lowest BCUT2D eigenvalue weighted by Crippen LogP contribution is -2.62. The van der Waals surface area contributed by atoms with E-state index in [4.69, 9.17) is 9.84 Å². The van der Waals surface area contributed by atoms with Crippen molar-refractivity contribution in [2.45, 2.75) is 19.1 Å². The van der Waals surface area contributed by atoms with E-state index in [1.807, 2.05) is 6.92 Å². The first-order chi connectivity index (χ1) is 8.78. The molecule has 2 unspecified atom stereocenters. The molecule has 2 fully saturated rings. The molecule has 0 aromatic heterocycles. The monoisotopic (exact) mass is 292 g/mol. The van der Waals surface area contributed by atoms with Crippen LogP contribution in [0.4, 0.5) is 4.79 Å². The smallest absolute Gasteiger partial charge is 0.317 e. The van der Waals surface area contributed by atoms with Crippen LogP contribution in [0.15, 0.2) is 0 Å². The quantitative estimate of drug-likeness (QED) is 0.683. The standard InChI is InChI=1S/C11H20N2O5S/c1-11(7-14)5-13(6-11)10(15)12-8-3-19(16,17)4-9(8)18-2/h8-9,14H,3-7H2,1-2H3,(H,12,15). The van der Waals surface area contributed by atoms with Crippen molar-refractivity contribution in [1.82, 2.24) is 10.2 Å². The molecule has 0 saturated carbocycles. The minimum atomic E-state index is -3.14. The molecular weight excluding hydrogens is 272 g/mol. The third-order valence-electron chi connectivity index (χ3n) is 3.73. The van der Waals surface area contributed by atoms with Crippen molar-refractivity contribution in [2.24, 2.45) is 5.41 Å². The van der Waals surface area contributed by atoms with Gasteiger partial charge in [0.25, 0.3) is 0 Å². The molecule has 2 amide bonds. The van der Waals surface area contributed by atoms with E-state index in [1.165, 1.54) is 7.11 Å². The molecule has 8 heteroatoms. The van der Waals surface area contributed by atoms with Crippen molar-refractivity contribution in [3.05, 3.63) is 0 Å². The van der Waals surface area contributed by atoms with Gasteiger partial charge >= 0.3 is 6.03 Å². The zero-order chi connectivity index (χ0) is 14.3. The van der Waals surface area contributed by atoms with Gasteiger partial charge in [0.1, 0.15) is 0 Å². The number of urea groups is 1. The summed E-state index contributed by atoms with van der Waals surface area (Å²) in [6.45, 7) is 2.89. The summed E-state index contributed by atoms with van der Waals surface area (Å²) in [5.41, 5.74) is -0.236. The average molecular weight is 292 g/mol. The number of rotatable bonds is 3. The van der Waals surface area contributed by atoms with E-state index >= 15 is 0 Å². The fourth-order valence-corrected chi connectivity index (χ4v) is 4.40. The third kappa shape index (κ3) is 3.01. The van der Waals surface area contributed by atoms with Crippen LogP contribution < -0.4 is 5.32 Å². The molecule has 0 aromatic rings. The maximum absolute atomic E-state index is 11.9. The van der Waals surface area contributed by atoms with E-state index in [9.17, 15) is 13.2 Å². The SMILES string of the molecule is COC1CS(=O)(=O)CC1NC(=O)N1CC(C)(CO)C1. The Labute approximate surface area is 112 Å². The van der Waals surface area contributed by atoms with Crippen LogP contribution in [0.25, 0.3) is 0 Å². The normalized spacial score (nSPS) is 31.8. The number of aliphatic hydroxyl groups is 1. The molecular formula is C11H20N2O5S. The zero-order valence-corrected chi connectivity index (χ0v) is 11.9. The van der Waals surface area contributed by atoms with Crippen LogP contribution >= 0.6 is 0 Å². The van der Waals surface area contributed by atoms with E-state index in [1.54, 1.807) is 4.90 Å². The minimum absolute atomic E-state index is 0.0370. The maximum atomic E-state index is 11.9. The molecule has 2 heterocycles. The number of ether oxygens (including phenoxy) is 1. The van der Waals surface area contributed by atoms with E-state index in [0.29, 0.717) is 13.1 Å². The Morgan fingerprint density at radius 3 is 2.63 bits per heavy atom. The van der Waals surface area contributed by atoms with E-state index in [-0.39, 0.29) is 29.6 Å². The molecule has 0 radical (unpaired) electrons. The Kier molecular flexibility index (Phi) is 3.76. The van der Waals surface area contributed by atoms with Crippen molar-refractivity contribution >= 4 is 15.9 Å². The van der Waals surface area contributed by atoms with Gasteiger partial charge in [0, 0.05) is 25.6 Å². The number of aliphatic hydroxyl groups excluding tert-OH is 1. The highest BCUT2D eigenvalue weighted by Crippen LogP contribution is 2.29. The Hall–Kier alpha value is -0.860. The molecule has 0 aromatic carbocycles. The number of sulfone groups is 1. The van der Waals surface area contributed by atoms with Gasteiger partial charge in [-0.3, -0.25) is 0 Å². The first-order valence-corrected chi connectivity index (χ1v) is 8.00. The lowest BCUT2D eigenvalue weighted by molar-refractivity contribution is -0.00269. The number of nitrogens with zero attached hydrogens (tertiary/aromatic N) is 1. The highest BCUT2D eigenvalue weighted by Gasteiger charge is 2.44. The van der Waals surface area contributed by atoms with E-state index in [0.717, 1.165) is 0 Å². The summed E-state index contributed by atoms with van der Waals surface area (Å²) in [6.07, 6.45) is -0.487. The zero-order valence-electron chi connectivity index (χ0n) is 11.1. The number of methoxy groups -OCH3 is 1. The number of nitrogens with one attached hydrogen (secondary N) is 1. The topological polar surface area (TPSA) is 95.9 Å². The van der Waals surface area contributed by atoms with Crippen molar-refractivity contribution in [3.63, 3.8) is 0 Å². The third-order valence-corrected chi connectivity index (χ3v) is 5.43. The molecule has 110 valence electrons. The molecule has 19 heavy (non-hydrogen) atoms. The fourth-order valence-electron chi connectivity index (χ4n) is 2.55. The van der Waals surface area contributed by atoms with Gasteiger partial charge in [0.05, 0.1) is 30.3 Å². The number of hydrogen-bond donors (Lipinski definition) is 2. The van der Waals surface area contributed by atoms with E-state index < -0.39 is 22.0 Å². The van der Waals surface area contributed by atoms with Crippen molar-refractivity contribution in [1.29, 1.82) is 0 Å². The van der Waals surface area contributed by atoms with Crippen molar-refractivity contribution in [3.8, 4) is 0 Å². The number of amides is 2. The summed E-state index contributed by atoms with van der Waals surface area (Å²) < 4.78 is 28.1. The van der Waals surface area contributed by atoms with Crippen LogP contribution in [0.3, 0.4) is 0 Å². The minimum Gasteiger partial charge on any atom is -0.396 e. The van der Waals surface area contributed by atoms with Crippen LogP contribution in [0.1, 0.15) is 6.92 Å². The van der Waals surface area contributed by atoms with Crippen LogP contribution in [-0.4, -0.2) is 74.9 Å². The molecule has 7 nitrogen and oxygen atoms in total. The molecule has 0 spiro atoms. The number of hydrogen-bond acceptors (Lipinski definition) is 5. The fraction of sp³-hybridized carbons (Fsp3) is 0.909. The van der Waals surface area contributed by atoms with Gasteiger partial charge < -0.3 is 20.1 Å². The maximum Gasteiger partial charge on any atom is 0.317 e. The summed E-state index contributed by atoms with van der Waals surface area (Å²) in [4.78, 5) is 13.5. The Morgan fingerprint density at radius 1 is 1.47 bits per heavy atom. The molecule has 0 bridgehead atoms. The number of carbonyl (C=O) groups is 1. The van der Waals surface area contributed by atoms with Crippen LogP contribution in [0.5, 0.6) is 0 Å². The van der Waals surface area contributed by atoms with E-state index in [2.05, 4.69) is 5.32 Å². The van der Waals surface area contributed by atoms with Crippen LogP contribution in [0.2, 0.25) is 0 Å². The second-order valence-electron chi connectivity index (χ2n) is 5.73. The summed E-state index contributed by atoms with van der Waals surface area (Å²) in [5, 5.41) is 11.8. The Balaban J connectivity index is 1.90. The first-order valence-electron chi connectivity index (χ1n) is 6.18. The van der Waals surface area contributed by atoms with Gasteiger partial charge in [0.2, 0.25) is 0 Å². The second-order valence-corrected chi connectivity index (χ2v) is 7.89. The lowest BCUT2D eigenvalue weighted by Gasteiger charge is -2.47. The van der Waals surface area contributed by atoms with Crippen molar-refractivity contribution in [2.75, 3.05) is 38.3 Å². The highest BCUT2D eigenvalue weighted by atomic mass is 32.2. The summed E-state index contributed by atoms with van der Waals surface area (Å²) >= 11 is 0. The van der Waals surface area contributed by atoms with Gasteiger partial charge in [-0.1, -0.05) is 6.92 Å². The van der Waals surface area contributed by atoms with Gasteiger partial charge in [-0.05, 0) is 0 Å². The summed E-state index contributed by atoms with van der Waals surface area (Å²) in [6, 6.07) is -0.793. The van der Waals surface area contributed by atoms with Crippen LogP contribution in [-0.2, 0) is 14.6 Å². The van der Waals surface area contributed by atoms with Gasteiger partial charge in [-0.15, -0.1) is 0 Å². The lowest BCUT2D eigenvalue weighted by atomic mass is 9.83. The predicted molar refractivity (Wildman–Crippen MR) is 68.5 cm³/mol. The number of carbonyl (C=O) groups excluding carboxylic acids is 1. The molecule has 2 atom stereocenters. The molecule has 2 rings (SSSR count).